The van der Waals surface area contributed by atoms with Gasteiger partial charge in [0.1, 0.15) is 24.2 Å². The van der Waals surface area contributed by atoms with Gasteiger partial charge in [0.2, 0.25) is 11.5 Å². The number of oxime groups is 1. The van der Waals surface area contributed by atoms with Crippen molar-refractivity contribution in [3.05, 3.63) is 93.2 Å². The molecule has 17 heteroatoms. The van der Waals surface area contributed by atoms with Crippen molar-refractivity contribution in [2.24, 2.45) is 5.16 Å². The number of carbonyl (C=O) groups is 3. The number of carboxylic acids is 1. The normalized spacial score (nSPS) is 18.3. The molecule has 2 aromatic heterocycles. The fourth-order valence-corrected chi connectivity index (χ4v) is 6.27. The first-order valence-electron chi connectivity index (χ1n) is 12.5. The molecule has 0 aliphatic carbocycles. The largest absolute Gasteiger partial charge is 0.477 e. The fourth-order valence-electron chi connectivity index (χ4n) is 4.51. The van der Waals surface area contributed by atoms with Crippen LogP contribution in [0.2, 0.25) is 0 Å². The minimum atomic E-state index is -1.35. The van der Waals surface area contributed by atoms with Crippen molar-refractivity contribution >= 4 is 63.7 Å². The zero-order chi connectivity index (χ0) is 30.7. The van der Waals surface area contributed by atoms with Crippen LogP contribution in [-0.4, -0.2) is 72.1 Å². The molecule has 0 spiro atoms. The lowest BCUT2D eigenvalue weighted by Gasteiger charge is -2.49. The molecule has 1 saturated heterocycles. The monoisotopic (exact) mass is 623 g/mol. The van der Waals surface area contributed by atoms with E-state index < -0.39 is 34.1 Å². The van der Waals surface area contributed by atoms with Gasteiger partial charge in [0.05, 0.1) is 10.5 Å². The third-order valence-corrected chi connectivity index (χ3v) is 8.28. The highest BCUT2D eigenvalue weighted by atomic mass is 32.2. The van der Waals surface area contributed by atoms with E-state index in [0.717, 1.165) is 16.4 Å². The highest BCUT2D eigenvalue weighted by Crippen LogP contribution is 2.41. The summed E-state index contributed by atoms with van der Waals surface area (Å²) in [6, 6.07) is 9.36. The van der Waals surface area contributed by atoms with Gasteiger partial charge >= 0.3 is 5.97 Å². The van der Waals surface area contributed by atoms with Gasteiger partial charge < -0.3 is 21.0 Å². The fraction of sp³-hybridized carbons (Fsp3) is 0.192. The molecular weight excluding hydrogens is 600 g/mol. The first kappa shape index (κ1) is 29.3. The average molecular weight is 624 g/mol. The second-order valence-electron chi connectivity index (χ2n) is 9.15. The van der Waals surface area contributed by atoms with Crippen LogP contribution < -0.4 is 15.6 Å². The van der Waals surface area contributed by atoms with Gasteiger partial charge in [0, 0.05) is 41.0 Å². The van der Waals surface area contributed by atoms with Crippen LogP contribution >= 0.6 is 23.3 Å². The number of nitro benzene ring substituents is 1. The molecule has 1 fully saturated rings. The summed E-state index contributed by atoms with van der Waals surface area (Å²) < 4.78 is 5.82. The molecule has 220 valence electrons. The van der Waals surface area contributed by atoms with Crippen LogP contribution in [0.1, 0.15) is 17.0 Å². The first-order chi connectivity index (χ1) is 20.7. The van der Waals surface area contributed by atoms with Crippen molar-refractivity contribution in [1.82, 2.24) is 19.6 Å². The zero-order valence-electron chi connectivity index (χ0n) is 22.3. The molecule has 1 aromatic carbocycles. The standard InChI is InChI=1S/C26H22N8O7S2/c1-41-30-18(21-29-26(27)43-31-21)22(35)28-19-23(36)33-20(25(37)38)16(13-42-24(19)33)8-7-15-6-5-14(11-17(15)34(39)40)12-32-9-3-2-4-10-32/h2-11,19,24H,12-13H2,1H3,(H3-,27,28,29,31,35,37,38)/p+1/b8-7+,30-18-. The lowest BCUT2D eigenvalue weighted by Crippen LogP contribution is -2.71. The van der Waals surface area contributed by atoms with E-state index in [1.54, 1.807) is 12.1 Å². The van der Waals surface area contributed by atoms with E-state index in [1.165, 1.54) is 37.1 Å². The number of hydrogen-bond donors (Lipinski definition) is 3. The van der Waals surface area contributed by atoms with E-state index in [2.05, 4.69) is 19.8 Å². The molecular formula is C26H23N8O7S2+. The molecule has 0 bridgehead atoms. The Balaban J connectivity index is 1.35. The molecule has 3 aromatic rings. The van der Waals surface area contributed by atoms with Crippen LogP contribution in [0.15, 0.2) is 71.3 Å². The number of aliphatic carboxylic acids is 1. The predicted molar refractivity (Wildman–Crippen MR) is 155 cm³/mol. The summed E-state index contributed by atoms with van der Waals surface area (Å²) >= 11 is 2.08. The maximum absolute atomic E-state index is 13.1. The number of aromatic nitrogens is 3. The molecule has 2 aliphatic rings. The Bertz CT molecular complexity index is 1710. The summed E-state index contributed by atoms with van der Waals surface area (Å²) in [5, 5.41) is 27.4. The van der Waals surface area contributed by atoms with Crippen molar-refractivity contribution in [3.63, 3.8) is 0 Å². The molecule has 4 N–H and O–H groups in total. The molecule has 2 atom stereocenters. The third-order valence-electron chi connectivity index (χ3n) is 6.44. The molecule has 0 saturated carbocycles. The Kier molecular flexibility index (Phi) is 8.44. The predicted octanol–water partition coefficient (Wildman–Crippen LogP) is 1.17. The number of β-lactam (4-membered cyclic amide) rings is 1. The summed E-state index contributed by atoms with van der Waals surface area (Å²) in [7, 11) is 1.22. The number of nitro groups is 1. The van der Waals surface area contributed by atoms with E-state index in [0.29, 0.717) is 12.1 Å². The zero-order valence-corrected chi connectivity index (χ0v) is 23.9. The molecule has 43 heavy (non-hydrogen) atoms. The van der Waals surface area contributed by atoms with Crippen LogP contribution in [0.25, 0.3) is 6.08 Å². The first-order valence-corrected chi connectivity index (χ1v) is 14.3. The third kappa shape index (κ3) is 6.07. The van der Waals surface area contributed by atoms with Crippen molar-refractivity contribution in [2.45, 2.75) is 18.0 Å². The maximum Gasteiger partial charge on any atom is 0.352 e. The molecule has 2 unspecified atom stereocenters. The van der Waals surface area contributed by atoms with Gasteiger partial charge in [-0.1, -0.05) is 23.4 Å². The van der Waals surface area contributed by atoms with Gasteiger partial charge in [-0.2, -0.15) is 9.36 Å². The van der Waals surface area contributed by atoms with E-state index in [4.69, 9.17) is 10.6 Å². The van der Waals surface area contributed by atoms with Gasteiger partial charge in [-0.15, -0.1) is 11.8 Å². The molecule has 5 rings (SSSR count). The summed E-state index contributed by atoms with van der Waals surface area (Å²) in [4.78, 5) is 59.3. The second-order valence-corrected chi connectivity index (χ2v) is 11.0. The lowest BCUT2D eigenvalue weighted by atomic mass is 10.0. The van der Waals surface area contributed by atoms with Gasteiger partial charge in [-0.3, -0.25) is 24.6 Å². The number of nitrogens with zero attached hydrogens (tertiary/aromatic N) is 6. The highest BCUT2D eigenvalue weighted by molar-refractivity contribution is 8.00. The number of amides is 2. The summed E-state index contributed by atoms with van der Waals surface area (Å²) in [6.45, 7) is 0.431. The Hall–Kier alpha value is -5.16. The number of fused-ring (bicyclic) bond motifs is 1. The SMILES string of the molecule is CO/N=C(\C(=O)NC1C(=O)N2C(C(=O)O)=C(/C=C/c3ccc(C[n+]4ccccc4)cc3[N+](=O)[O-])CSC12)c1nsc(N)n1. The number of nitrogens with two attached hydrogens (primary N) is 1. The van der Waals surface area contributed by atoms with Crippen LogP contribution in [0, 0.1) is 10.1 Å². The van der Waals surface area contributed by atoms with Gasteiger partial charge in [0.25, 0.3) is 17.5 Å². The minimum absolute atomic E-state index is 0.0822. The summed E-state index contributed by atoms with van der Waals surface area (Å²) in [5.41, 5.74) is 6.16. The smallest absolute Gasteiger partial charge is 0.352 e. The van der Waals surface area contributed by atoms with Gasteiger partial charge in [-0.05, 0) is 17.7 Å². The molecule has 0 radical (unpaired) electrons. The number of rotatable bonds is 10. The lowest BCUT2D eigenvalue weighted by molar-refractivity contribution is -0.688. The number of thioether (sulfide) groups is 1. The van der Waals surface area contributed by atoms with Crippen molar-refractivity contribution in [3.8, 4) is 0 Å². The number of nitrogen functional groups attached to an aromatic ring is 1. The van der Waals surface area contributed by atoms with Gasteiger partial charge in [-0.25, -0.2) is 9.36 Å². The van der Waals surface area contributed by atoms with E-state index >= 15 is 0 Å². The molecule has 4 heterocycles. The number of nitrogens with one attached hydrogen (secondary N) is 1. The summed E-state index contributed by atoms with van der Waals surface area (Å²) in [5.74, 6) is -2.72. The van der Waals surface area contributed by atoms with E-state index in [9.17, 15) is 29.6 Å². The van der Waals surface area contributed by atoms with Crippen LogP contribution in [0.3, 0.4) is 0 Å². The number of carboxylic acid groups (broad SMARTS) is 1. The topological polar surface area (TPSA) is 207 Å². The minimum Gasteiger partial charge on any atom is -0.477 e. The molecule has 2 aliphatic heterocycles. The highest BCUT2D eigenvalue weighted by Gasteiger charge is 2.54. The number of carbonyl (C=O) groups excluding carboxylic acids is 2. The second kappa shape index (κ2) is 12.4. The Morgan fingerprint density at radius 2 is 2.09 bits per heavy atom. The number of anilines is 1. The van der Waals surface area contributed by atoms with E-state index in [1.807, 2.05) is 35.2 Å². The van der Waals surface area contributed by atoms with Crippen molar-refractivity contribution in [1.29, 1.82) is 0 Å². The van der Waals surface area contributed by atoms with Crippen LogP contribution in [0.4, 0.5) is 10.8 Å². The number of allylic oxidation sites excluding steroid dienone is 1. The van der Waals surface area contributed by atoms with Crippen molar-refractivity contribution in [2.75, 3.05) is 18.6 Å². The number of benzene rings is 1. The van der Waals surface area contributed by atoms with Crippen molar-refractivity contribution < 1.29 is 33.8 Å². The molecule has 15 nitrogen and oxygen atoms in total. The quantitative estimate of drug-likeness (QED) is 0.0960. The van der Waals surface area contributed by atoms with Crippen LogP contribution in [0.5, 0.6) is 0 Å². The average Bonchev–Trinajstić information content (AvgIpc) is 3.43. The maximum atomic E-state index is 13.1. The van der Waals surface area contributed by atoms with Gasteiger partial charge in [0.15, 0.2) is 24.1 Å². The Labute approximate surface area is 251 Å². The molecule has 2 amide bonds. The number of hydrogen-bond acceptors (Lipinski definition) is 12. The summed E-state index contributed by atoms with van der Waals surface area (Å²) in [6.07, 6.45) is 6.62. The number of pyridine rings is 1. The van der Waals surface area contributed by atoms with Crippen LogP contribution in [-0.2, 0) is 25.8 Å². The Morgan fingerprint density at radius 3 is 2.74 bits per heavy atom. The van der Waals surface area contributed by atoms with E-state index in [-0.39, 0.29) is 44.9 Å². The Morgan fingerprint density at radius 1 is 1.33 bits per heavy atom.